The smallest absolute Gasteiger partial charge is 0.414 e. The van der Waals surface area contributed by atoms with E-state index in [0.717, 1.165) is 24.9 Å². The lowest BCUT2D eigenvalue weighted by atomic mass is 10.0. The molecule has 2 rings (SSSR count). The van der Waals surface area contributed by atoms with Gasteiger partial charge in [0.2, 0.25) is 5.91 Å². The number of hydrogen-bond acceptors (Lipinski definition) is 4. The largest absolute Gasteiger partial charge is 0.473 e. The highest BCUT2D eigenvalue weighted by molar-refractivity contribution is 6.27. The lowest BCUT2D eigenvalue weighted by Gasteiger charge is -2.08. The van der Waals surface area contributed by atoms with Crippen molar-refractivity contribution in [2.24, 2.45) is 0 Å². The molecule has 0 radical (unpaired) electrons. The Bertz CT molecular complexity index is 814. The van der Waals surface area contributed by atoms with E-state index < -0.39 is 11.9 Å². The molecule has 0 fully saturated rings. The van der Waals surface area contributed by atoms with E-state index in [-0.39, 0.29) is 5.91 Å². The van der Waals surface area contributed by atoms with Crippen molar-refractivity contribution in [3.8, 4) is 0 Å². The third kappa shape index (κ3) is 8.05. The summed E-state index contributed by atoms with van der Waals surface area (Å²) in [5.74, 6) is -3.58. The molecule has 1 amide bonds. The van der Waals surface area contributed by atoms with Gasteiger partial charge in [-0.25, -0.2) is 9.59 Å². The monoisotopic (exact) mass is 389 g/mol. The van der Waals surface area contributed by atoms with Crippen molar-refractivity contribution in [2.75, 3.05) is 27.2 Å². The maximum absolute atomic E-state index is 11.7. The normalized spacial score (nSPS) is 10.2. The third-order valence-electron chi connectivity index (χ3n) is 3.93. The maximum atomic E-state index is 11.7. The van der Waals surface area contributed by atoms with Gasteiger partial charge >= 0.3 is 11.9 Å². The molecule has 0 saturated carbocycles. The highest BCUT2D eigenvalue weighted by Crippen LogP contribution is 2.21. The number of carboxylic acid groups (broad SMARTS) is 2. The Morgan fingerprint density at radius 1 is 1.18 bits per heavy atom. The summed E-state index contributed by atoms with van der Waals surface area (Å²) in [7, 11) is 4.17. The Hall–Kier alpha value is -3.13. The van der Waals surface area contributed by atoms with Crippen LogP contribution in [0.1, 0.15) is 17.5 Å². The summed E-state index contributed by atoms with van der Waals surface area (Å²) >= 11 is 0. The number of carboxylic acids is 2. The van der Waals surface area contributed by atoms with Gasteiger partial charge < -0.3 is 25.4 Å². The molecule has 4 N–H and O–H groups in total. The Kier molecular flexibility index (Phi) is 9.45. The summed E-state index contributed by atoms with van der Waals surface area (Å²) in [5, 5.41) is 18.9. The van der Waals surface area contributed by atoms with Gasteiger partial charge in [0, 0.05) is 36.6 Å². The van der Waals surface area contributed by atoms with E-state index in [9.17, 15) is 4.79 Å². The van der Waals surface area contributed by atoms with Crippen LogP contribution in [0.3, 0.4) is 0 Å². The second-order valence-electron chi connectivity index (χ2n) is 6.45. The second kappa shape index (κ2) is 11.6. The number of nitrogens with zero attached hydrogens (tertiary/aromatic N) is 1. The predicted octanol–water partition coefficient (Wildman–Crippen LogP) is 1.66. The van der Waals surface area contributed by atoms with Crippen LogP contribution in [0.4, 0.5) is 0 Å². The van der Waals surface area contributed by atoms with Crippen LogP contribution in [-0.4, -0.2) is 65.1 Å². The molecule has 152 valence electrons. The quantitative estimate of drug-likeness (QED) is 0.402. The number of likely N-dealkylation sites (N-methyl/N-ethyl adjacent to an activating group) is 1. The lowest BCUT2D eigenvalue weighted by molar-refractivity contribution is -0.159. The molecule has 8 heteroatoms. The first-order valence-electron chi connectivity index (χ1n) is 8.82. The number of amides is 1. The SMILES string of the molecule is C=CCNC(=O)CCc1ccc2[nH]cc(CCN(C)C)c2c1.O=C(O)C(=O)O. The zero-order chi connectivity index (χ0) is 21.1. The fourth-order valence-electron chi connectivity index (χ4n) is 2.46. The van der Waals surface area contributed by atoms with Gasteiger partial charge in [0.1, 0.15) is 0 Å². The number of fused-ring (bicyclic) bond motifs is 1. The Morgan fingerprint density at radius 3 is 2.43 bits per heavy atom. The molecular formula is C20H27N3O5. The number of benzene rings is 1. The number of nitrogens with one attached hydrogen (secondary N) is 2. The van der Waals surface area contributed by atoms with E-state index in [1.165, 1.54) is 16.5 Å². The summed E-state index contributed by atoms with van der Waals surface area (Å²) in [6.45, 7) is 5.16. The number of aliphatic carboxylic acids is 2. The standard InChI is InChI=1S/C18H25N3O.C2H2O4/c1-4-10-19-18(22)8-6-14-5-7-17-16(12-14)15(13-20-17)9-11-21(2)3;3-1(4)2(5)6/h4-5,7,12-13,20H,1,6,8-11H2,2-3H3,(H,19,22);(H,3,4)(H,5,6). The number of hydrogen-bond donors (Lipinski definition) is 4. The van der Waals surface area contributed by atoms with Crippen molar-refractivity contribution in [3.05, 3.63) is 48.2 Å². The molecule has 8 nitrogen and oxygen atoms in total. The third-order valence-corrected chi connectivity index (χ3v) is 3.93. The van der Waals surface area contributed by atoms with Crippen LogP contribution >= 0.6 is 0 Å². The average molecular weight is 389 g/mol. The van der Waals surface area contributed by atoms with Crippen LogP contribution in [0, 0.1) is 0 Å². The molecule has 28 heavy (non-hydrogen) atoms. The number of carbonyl (C=O) groups is 3. The molecule has 0 bridgehead atoms. The topological polar surface area (TPSA) is 123 Å². The van der Waals surface area contributed by atoms with E-state index in [2.05, 4.69) is 60.3 Å². The highest BCUT2D eigenvalue weighted by atomic mass is 16.4. The van der Waals surface area contributed by atoms with Gasteiger partial charge in [-0.15, -0.1) is 6.58 Å². The Labute approximate surface area is 163 Å². The minimum atomic E-state index is -1.82. The van der Waals surface area contributed by atoms with Crippen LogP contribution < -0.4 is 5.32 Å². The molecule has 1 aromatic heterocycles. The van der Waals surface area contributed by atoms with Crippen LogP contribution in [0.15, 0.2) is 37.1 Å². The van der Waals surface area contributed by atoms with Crippen molar-refractivity contribution < 1.29 is 24.6 Å². The molecule has 0 spiro atoms. The van der Waals surface area contributed by atoms with Crippen LogP contribution in [0.2, 0.25) is 0 Å². The summed E-state index contributed by atoms with van der Waals surface area (Å²) in [6.07, 6.45) is 6.08. The molecule has 0 atom stereocenters. The molecule has 1 heterocycles. The van der Waals surface area contributed by atoms with E-state index in [0.29, 0.717) is 13.0 Å². The summed E-state index contributed by atoms with van der Waals surface area (Å²) in [5.41, 5.74) is 3.70. The number of H-pyrrole nitrogens is 1. The first-order chi connectivity index (χ1) is 13.2. The molecule has 0 unspecified atom stereocenters. The number of carbonyl (C=O) groups excluding carboxylic acids is 1. The molecule has 0 aliphatic carbocycles. The molecule has 0 aliphatic rings. The van der Waals surface area contributed by atoms with Crippen LogP contribution in [0.25, 0.3) is 10.9 Å². The van der Waals surface area contributed by atoms with E-state index in [4.69, 9.17) is 19.8 Å². The Balaban J connectivity index is 0.000000568. The van der Waals surface area contributed by atoms with Crippen molar-refractivity contribution in [3.63, 3.8) is 0 Å². The molecule has 1 aromatic carbocycles. The maximum Gasteiger partial charge on any atom is 0.414 e. The fraction of sp³-hybridized carbons (Fsp3) is 0.350. The van der Waals surface area contributed by atoms with Gasteiger partial charge in [-0.05, 0) is 50.2 Å². The fourth-order valence-corrected chi connectivity index (χ4v) is 2.46. The van der Waals surface area contributed by atoms with Gasteiger partial charge in [-0.2, -0.15) is 0 Å². The van der Waals surface area contributed by atoms with E-state index in [1.54, 1.807) is 6.08 Å². The first-order valence-corrected chi connectivity index (χ1v) is 8.82. The average Bonchev–Trinajstić information content (AvgIpc) is 3.05. The number of aromatic amines is 1. The number of aryl methyl sites for hydroxylation is 1. The summed E-state index contributed by atoms with van der Waals surface area (Å²) in [4.78, 5) is 35.4. The van der Waals surface area contributed by atoms with Crippen molar-refractivity contribution in [1.82, 2.24) is 15.2 Å². The zero-order valence-corrected chi connectivity index (χ0v) is 16.2. The minimum absolute atomic E-state index is 0.0712. The Morgan fingerprint density at radius 2 is 1.86 bits per heavy atom. The second-order valence-corrected chi connectivity index (χ2v) is 6.45. The van der Waals surface area contributed by atoms with Gasteiger partial charge in [0.15, 0.2) is 0 Å². The van der Waals surface area contributed by atoms with Crippen molar-refractivity contribution in [1.29, 1.82) is 0 Å². The van der Waals surface area contributed by atoms with E-state index >= 15 is 0 Å². The van der Waals surface area contributed by atoms with Crippen molar-refractivity contribution >= 4 is 28.7 Å². The van der Waals surface area contributed by atoms with Crippen LogP contribution in [-0.2, 0) is 27.2 Å². The molecule has 0 aliphatic heterocycles. The summed E-state index contributed by atoms with van der Waals surface area (Å²) in [6, 6.07) is 6.40. The van der Waals surface area contributed by atoms with Gasteiger partial charge in [0.25, 0.3) is 0 Å². The highest BCUT2D eigenvalue weighted by Gasteiger charge is 2.07. The lowest BCUT2D eigenvalue weighted by Crippen LogP contribution is -2.23. The molecular weight excluding hydrogens is 362 g/mol. The zero-order valence-electron chi connectivity index (χ0n) is 16.2. The predicted molar refractivity (Wildman–Crippen MR) is 107 cm³/mol. The minimum Gasteiger partial charge on any atom is -0.473 e. The van der Waals surface area contributed by atoms with Crippen molar-refractivity contribution in [2.45, 2.75) is 19.3 Å². The van der Waals surface area contributed by atoms with Crippen LogP contribution in [0.5, 0.6) is 0 Å². The first kappa shape index (κ1) is 22.9. The molecule has 0 saturated heterocycles. The van der Waals surface area contributed by atoms with Gasteiger partial charge in [-0.1, -0.05) is 12.1 Å². The van der Waals surface area contributed by atoms with Gasteiger partial charge in [0.05, 0.1) is 0 Å². The summed E-state index contributed by atoms with van der Waals surface area (Å²) < 4.78 is 0. The number of rotatable bonds is 8. The van der Waals surface area contributed by atoms with E-state index in [1.807, 2.05) is 0 Å². The van der Waals surface area contributed by atoms with Gasteiger partial charge in [-0.3, -0.25) is 4.79 Å². The molecule has 2 aromatic rings. The number of aromatic nitrogens is 1.